The Morgan fingerprint density at radius 3 is 2.89 bits per heavy atom. The lowest BCUT2D eigenvalue weighted by Gasteiger charge is -2.32. The first kappa shape index (κ1) is 12.5. The van der Waals surface area contributed by atoms with Crippen LogP contribution in [0.2, 0.25) is 0 Å². The fourth-order valence-electron chi connectivity index (χ4n) is 2.13. The summed E-state index contributed by atoms with van der Waals surface area (Å²) >= 11 is 0. The maximum Gasteiger partial charge on any atom is 0.326 e. The quantitative estimate of drug-likeness (QED) is 0.805. The van der Waals surface area contributed by atoms with Gasteiger partial charge in [-0.25, -0.2) is 9.78 Å². The number of amides is 1. The number of pyridine rings is 1. The highest BCUT2D eigenvalue weighted by atomic mass is 19.1. The third-order valence-electron chi connectivity index (χ3n) is 3.02. The van der Waals surface area contributed by atoms with Crippen LogP contribution in [0.5, 0.6) is 0 Å². The number of piperidine rings is 1. The number of halogens is 1. The summed E-state index contributed by atoms with van der Waals surface area (Å²) in [5.41, 5.74) is 0.135. The van der Waals surface area contributed by atoms with Crippen LogP contribution >= 0.6 is 0 Å². The molecule has 6 heteroatoms. The van der Waals surface area contributed by atoms with Crippen molar-refractivity contribution in [3.8, 4) is 0 Å². The smallest absolute Gasteiger partial charge is 0.326 e. The van der Waals surface area contributed by atoms with Gasteiger partial charge in [-0.3, -0.25) is 4.79 Å². The van der Waals surface area contributed by atoms with Crippen molar-refractivity contribution in [3.63, 3.8) is 0 Å². The Kier molecular flexibility index (Phi) is 3.55. The number of carboxylic acid groups (broad SMARTS) is 1. The Bertz CT molecular complexity index is 478. The SMILES string of the molecule is O=C(O)C1CCCCN1C(=O)c1ccnc(F)c1. The number of carboxylic acids is 1. The number of carbonyl (C=O) groups is 2. The predicted octanol–water partition coefficient (Wildman–Crippen LogP) is 1.30. The summed E-state index contributed by atoms with van der Waals surface area (Å²) in [5, 5.41) is 9.08. The average molecular weight is 252 g/mol. The third kappa shape index (κ3) is 2.47. The monoisotopic (exact) mass is 252 g/mol. The molecule has 0 bridgehead atoms. The molecule has 1 atom stereocenters. The van der Waals surface area contributed by atoms with Gasteiger partial charge in [0.2, 0.25) is 5.95 Å². The van der Waals surface area contributed by atoms with E-state index in [-0.39, 0.29) is 5.56 Å². The van der Waals surface area contributed by atoms with E-state index in [1.54, 1.807) is 0 Å². The number of rotatable bonds is 2. The largest absolute Gasteiger partial charge is 0.480 e. The normalized spacial score (nSPS) is 19.6. The minimum atomic E-state index is -1.02. The molecule has 1 fully saturated rings. The van der Waals surface area contributed by atoms with Gasteiger partial charge in [-0.15, -0.1) is 0 Å². The summed E-state index contributed by atoms with van der Waals surface area (Å²) in [7, 11) is 0. The molecule has 1 unspecified atom stereocenters. The first-order valence-corrected chi connectivity index (χ1v) is 5.75. The zero-order valence-electron chi connectivity index (χ0n) is 9.67. The van der Waals surface area contributed by atoms with E-state index in [0.29, 0.717) is 13.0 Å². The molecule has 18 heavy (non-hydrogen) atoms. The van der Waals surface area contributed by atoms with Gasteiger partial charge < -0.3 is 10.0 Å². The van der Waals surface area contributed by atoms with E-state index in [0.717, 1.165) is 18.9 Å². The molecule has 1 aromatic rings. The van der Waals surface area contributed by atoms with Gasteiger partial charge in [0.25, 0.3) is 5.91 Å². The van der Waals surface area contributed by atoms with E-state index < -0.39 is 23.9 Å². The predicted molar refractivity (Wildman–Crippen MR) is 60.5 cm³/mol. The van der Waals surface area contributed by atoms with E-state index in [4.69, 9.17) is 5.11 Å². The van der Waals surface area contributed by atoms with Crippen molar-refractivity contribution in [1.29, 1.82) is 0 Å². The van der Waals surface area contributed by atoms with Crippen molar-refractivity contribution in [2.24, 2.45) is 0 Å². The lowest BCUT2D eigenvalue weighted by molar-refractivity contribution is -0.143. The van der Waals surface area contributed by atoms with Gasteiger partial charge in [0, 0.05) is 24.4 Å². The summed E-state index contributed by atoms with van der Waals surface area (Å²) in [4.78, 5) is 27.9. The number of hydrogen-bond acceptors (Lipinski definition) is 3. The third-order valence-corrected chi connectivity index (χ3v) is 3.02. The summed E-state index contributed by atoms with van der Waals surface area (Å²) in [6.45, 7) is 0.389. The molecule has 2 rings (SSSR count). The van der Waals surface area contributed by atoms with Crippen LogP contribution in [0.1, 0.15) is 29.6 Å². The zero-order chi connectivity index (χ0) is 13.1. The van der Waals surface area contributed by atoms with E-state index in [1.807, 2.05) is 0 Å². The first-order valence-electron chi connectivity index (χ1n) is 5.75. The molecule has 0 saturated carbocycles. The summed E-state index contributed by atoms with van der Waals surface area (Å²) in [6.07, 6.45) is 3.19. The molecule has 2 heterocycles. The molecule has 1 saturated heterocycles. The van der Waals surface area contributed by atoms with Crippen molar-refractivity contribution < 1.29 is 19.1 Å². The van der Waals surface area contributed by atoms with Gasteiger partial charge in [0.15, 0.2) is 0 Å². The second-order valence-electron chi connectivity index (χ2n) is 4.22. The van der Waals surface area contributed by atoms with Crippen molar-refractivity contribution in [2.45, 2.75) is 25.3 Å². The number of nitrogens with zero attached hydrogens (tertiary/aromatic N) is 2. The lowest BCUT2D eigenvalue weighted by Crippen LogP contribution is -2.48. The zero-order valence-corrected chi connectivity index (χ0v) is 9.67. The number of hydrogen-bond donors (Lipinski definition) is 1. The molecule has 1 aliphatic heterocycles. The van der Waals surface area contributed by atoms with Crippen LogP contribution in [0, 0.1) is 5.95 Å². The van der Waals surface area contributed by atoms with Crippen molar-refractivity contribution >= 4 is 11.9 Å². The summed E-state index contributed by atoms with van der Waals surface area (Å²) < 4.78 is 13.0. The maximum atomic E-state index is 13.0. The van der Waals surface area contributed by atoms with Crippen molar-refractivity contribution in [1.82, 2.24) is 9.88 Å². The molecule has 1 N–H and O–H groups in total. The van der Waals surface area contributed by atoms with Gasteiger partial charge in [0.1, 0.15) is 6.04 Å². The number of likely N-dealkylation sites (tertiary alicyclic amines) is 1. The molecular weight excluding hydrogens is 239 g/mol. The van der Waals surface area contributed by atoms with Gasteiger partial charge >= 0.3 is 5.97 Å². The number of aliphatic carboxylic acids is 1. The Morgan fingerprint density at radius 1 is 1.44 bits per heavy atom. The highest BCUT2D eigenvalue weighted by molar-refractivity contribution is 5.96. The second-order valence-corrected chi connectivity index (χ2v) is 4.22. The van der Waals surface area contributed by atoms with Gasteiger partial charge in [-0.2, -0.15) is 4.39 Å². The molecular formula is C12H13FN2O3. The van der Waals surface area contributed by atoms with Crippen LogP contribution in [0.25, 0.3) is 0 Å². The van der Waals surface area contributed by atoms with Crippen LogP contribution in [-0.4, -0.2) is 39.5 Å². The Balaban J connectivity index is 2.23. The highest BCUT2D eigenvalue weighted by Gasteiger charge is 2.32. The van der Waals surface area contributed by atoms with Crippen molar-refractivity contribution in [2.75, 3.05) is 6.54 Å². The maximum absolute atomic E-state index is 13.0. The summed E-state index contributed by atoms with van der Waals surface area (Å²) in [5.74, 6) is -2.22. The van der Waals surface area contributed by atoms with E-state index in [1.165, 1.54) is 17.2 Å². The van der Waals surface area contributed by atoms with E-state index in [9.17, 15) is 14.0 Å². The minimum absolute atomic E-state index is 0.135. The Labute approximate surface area is 103 Å². The van der Waals surface area contributed by atoms with Gasteiger partial charge in [0.05, 0.1) is 0 Å². The molecule has 0 aromatic carbocycles. The molecule has 1 aliphatic rings. The summed E-state index contributed by atoms with van der Waals surface area (Å²) in [6, 6.07) is 1.59. The number of carbonyl (C=O) groups excluding carboxylic acids is 1. The minimum Gasteiger partial charge on any atom is -0.480 e. The average Bonchev–Trinajstić information content (AvgIpc) is 2.38. The van der Waals surface area contributed by atoms with Crippen LogP contribution < -0.4 is 0 Å². The van der Waals surface area contributed by atoms with E-state index in [2.05, 4.69) is 4.98 Å². The lowest BCUT2D eigenvalue weighted by atomic mass is 10.0. The molecule has 0 spiro atoms. The fraction of sp³-hybridized carbons (Fsp3) is 0.417. The van der Waals surface area contributed by atoms with Crippen LogP contribution in [-0.2, 0) is 4.79 Å². The Hall–Kier alpha value is -1.98. The molecule has 5 nitrogen and oxygen atoms in total. The molecule has 0 aliphatic carbocycles. The molecule has 1 amide bonds. The topological polar surface area (TPSA) is 70.5 Å². The fourth-order valence-corrected chi connectivity index (χ4v) is 2.13. The van der Waals surface area contributed by atoms with Gasteiger partial charge in [-0.05, 0) is 25.3 Å². The van der Waals surface area contributed by atoms with Crippen LogP contribution in [0.15, 0.2) is 18.3 Å². The standard InChI is InChI=1S/C12H13FN2O3/c13-10-7-8(4-5-14-10)11(16)15-6-2-1-3-9(15)12(17)18/h4-5,7,9H,1-3,6H2,(H,17,18). The number of aromatic nitrogens is 1. The van der Waals surface area contributed by atoms with Crippen LogP contribution in [0.4, 0.5) is 4.39 Å². The van der Waals surface area contributed by atoms with Crippen LogP contribution in [0.3, 0.4) is 0 Å². The van der Waals surface area contributed by atoms with Gasteiger partial charge in [-0.1, -0.05) is 0 Å². The molecule has 0 radical (unpaired) electrons. The molecule has 1 aromatic heterocycles. The van der Waals surface area contributed by atoms with E-state index >= 15 is 0 Å². The molecule has 96 valence electrons. The first-order chi connectivity index (χ1) is 8.59. The highest BCUT2D eigenvalue weighted by Crippen LogP contribution is 2.20. The van der Waals surface area contributed by atoms with Crippen molar-refractivity contribution in [3.05, 3.63) is 29.8 Å². The second kappa shape index (κ2) is 5.12. The Morgan fingerprint density at radius 2 is 2.22 bits per heavy atom.